The molecule has 0 spiro atoms. The Morgan fingerprint density at radius 1 is 1.00 bits per heavy atom. The van der Waals surface area contributed by atoms with Crippen LogP contribution in [0.25, 0.3) is 5.76 Å². The van der Waals surface area contributed by atoms with Crippen LogP contribution in [0.15, 0.2) is 66.2 Å². The van der Waals surface area contributed by atoms with Gasteiger partial charge in [-0.15, -0.1) is 0 Å². The number of carbonyl (C=O) groups is 2. The maximum absolute atomic E-state index is 13.4. The van der Waals surface area contributed by atoms with Crippen LogP contribution in [0.4, 0.5) is 5.69 Å². The summed E-state index contributed by atoms with van der Waals surface area (Å²) in [5.41, 5.74) is 3.02. The number of anilines is 1. The van der Waals surface area contributed by atoms with E-state index in [0.717, 1.165) is 11.1 Å². The third-order valence-electron chi connectivity index (χ3n) is 6.06. The van der Waals surface area contributed by atoms with Gasteiger partial charge in [-0.3, -0.25) is 14.5 Å². The van der Waals surface area contributed by atoms with Gasteiger partial charge in [-0.25, -0.2) is 0 Å². The molecule has 1 aliphatic rings. The number of aliphatic hydroxyl groups excluding tert-OH is 1. The van der Waals surface area contributed by atoms with Gasteiger partial charge in [0, 0.05) is 21.8 Å². The van der Waals surface area contributed by atoms with E-state index in [-0.39, 0.29) is 11.3 Å². The number of amides is 1. The van der Waals surface area contributed by atoms with Gasteiger partial charge in [-0.1, -0.05) is 35.9 Å². The molecule has 0 aromatic heterocycles. The minimum absolute atomic E-state index is 0.0280. The fraction of sp³-hybridized carbons (Fsp3) is 0.214. The van der Waals surface area contributed by atoms with Crippen LogP contribution < -0.4 is 14.4 Å². The number of aliphatic hydroxyl groups is 1. The quantitative estimate of drug-likeness (QED) is 0.260. The van der Waals surface area contributed by atoms with Gasteiger partial charge in [0.1, 0.15) is 17.3 Å². The van der Waals surface area contributed by atoms with Crippen LogP contribution in [0.3, 0.4) is 0 Å². The lowest BCUT2D eigenvalue weighted by molar-refractivity contribution is -0.132. The number of Topliss-reactive ketones (excluding diaryl/α,β-unsaturated/α-hetero) is 1. The van der Waals surface area contributed by atoms with E-state index in [0.29, 0.717) is 39.9 Å². The number of para-hydroxylation sites is 1. The highest BCUT2D eigenvalue weighted by Crippen LogP contribution is 2.45. The second-order valence-corrected chi connectivity index (χ2v) is 8.67. The summed E-state index contributed by atoms with van der Waals surface area (Å²) in [5, 5.41) is 11.8. The molecular formula is C28H26ClNO5. The maximum Gasteiger partial charge on any atom is 0.300 e. The van der Waals surface area contributed by atoms with E-state index >= 15 is 0 Å². The zero-order valence-electron chi connectivity index (χ0n) is 20.0. The number of aryl methyl sites for hydroxylation is 2. The molecule has 0 saturated carbocycles. The van der Waals surface area contributed by atoms with E-state index < -0.39 is 17.7 Å². The number of benzene rings is 3. The standard InChI is InChI=1S/C28H26ClNO5/c1-5-35-22-13-11-18(14-17(22)3)26(31)24-25(20-8-6-7-9-23(20)34-4)30(28(33)27(24)32)19-12-10-16(2)21(29)15-19/h6-15,25,31H,5H2,1-4H3/b26-24+. The fourth-order valence-corrected chi connectivity index (χ4v) is 4.46. The Hall–Kier alpha value is -3.77. The molecule has 0 aliphatic carbocycles. The molecule has 1 N–H and O–H groups in total. The van der Waals surface area contributed by atoms with Crippen LogP contribution in [0.2, 0.25) is 5.02 Å². The van der Waals surface area contributed by atoms with Crippen molar-refractivity contribution in [3.05, 3.63) is 93.5 Å². The molecular weight excluding hydrogens is 466 g/mol. The Labute approximate surface area is 209 Å². The SMILES string of the molecule is CCOc1ccc(/C(O)=C2\C(=O)C(=O)N(c3ccc(C)c(Cl)c3)C2c2ccccc2OC)cc1C. The van der Waals surface area contributed by atoms with Crippen molar-refractivity contribution in [3.8, 4) is 11.5 Å². The lowest BCUT2D eigenvalue weighted by atomic mass is 9.94. The number of ether oxygens (including phenoxy) is 2. The molecule has 1 heterocycles. The Morgan fingerprint density at radius 2 is 1.74 bits per heavy atom. The first-order valence-corrected chi connectivity index (χ1v) is 11.6. The molecule has 6 nitrogen and oxygen atoms in total. The normalized spacial score (nSPS) is 17.1. The molecule has 1 saturated heterocycles. The summed E-state index contributed by atoms with van der Waals surface area (Å²) in [6.07, 6.45) is 0. The topological polar surface area (TPSA) is 76.1 Å². The third kappa shape index (κ3) is 4.37. The van der Waals surface area contributed by atoms with Crippen LogP contribution in [0.1, 0.15) is 35.2 Å². The van der Waals surface area contributed by atoms with Crippen molar-refractivity contribution in [2.24, 2.45) is 0 Å². The van der Waals surface area contributed by atoms with E-state index in [1.54, 1.807) is 60.7 Å². The van der Waals surface area contributed by atoms with Gasteiger partial charge < -0.3 is 14.6 Å². The molecule has 0 radical (unpaired) electrons. The van der Waals surface area contributed by atoms with Gasteiger partial charge in [-0.05, 0) is 68.3 Å². The van der Waals surface area contributed by atoms with E-state index in [1.165, 1.54) is 12.0 Å². The molecule has 3 aromatic rings. The Kier molecular flexibility index (Phi) is 6.85. The molecule has 1 fully saturated rings. The average Bonchev–Trinajstić information content (AvgIpc) is 3.12. The monoisotopic (exact) mass is 491 g/mol. The van der Waals surface area contributed by atoms with Gasteiger partial charge in [0.25, 0.3) is 11.7 Å². The van der Waals surface area contributed by atoms with Crippen molar-refractivity contribution in [2.45, 2.75) is 26.8 Å². The molecule has 1 atom stereocenters. The maximum atomic E-state index is 13.4. The second kappa shape index (κ2) is 9.84. The van der Waals surface area contributed by atoms with Crippen molar-refractivity contribution in [2.75, 3.05) is 18.6 Å². The number of hydrogen-bond donors (Lipinski definition) is 1. The van der Waals surface area contributed by atoms with Gasteiger partial charge in [0.05, 0.1) is 25.3 Å². The highest BCUT2D eigenvalue weighted by molar-refractivity contribution is 6.52. The van der Waals surface area contributed by atoms with Gasteiger partial charge >= 0.3 is 0 Å². The summed E-state index contributed by atoms with van der Waals surface area (Å²) >= 11 is 6.36. The van der Waals surface area contributed by atoms with Crippen LogP contribution in [0, 0.1) is 13.8 Å². The van der Waals surface area contributed by atoms with Crippen LogP contribution in [0.5, 0.6) is 11.5 Å². The Bertz CT molecular complexity index is 1350. The summed E-state index contributed by atoms with van der Waals surface area (Å²) in [5.74, 6) is -0.658. The Balaban J connectivity index is 1.96. The number of carbonyl (C=O) groups excluding carboxylic acids is 2. The average molecular weight is 492 g/mol. The summed E-state index contributed by atoms with van der Waals surface area (Å²) in [6, 6.07) is 16.5. The summed E-state index contributed by atoms with van der Waals surface area (Å²) in [7, 11) is 1.52. The van der Waals surface area contributed by atoms with Crippen molar-refractivity contribution < 1.29 is 24.2 Å². The highest BCUT2D eigenvalue weighted by atomic mass is 35.5. The third-order valence-corrected chi connectivity index (χ3v) is 6.47. The molecule has 0 bridgehead atoms. The van der Waals surface area contributed by atoms with Crippen molar-refractivity contribution in [3.63, 3.8) is 0 Å². The van der Waals surface area contributed by atoms with E-state index in [2.05, 4.69) is 0 Å². The number of methoxy groups -OCH3 is 1. The molecule has 1 amide bonds. The highest BCUT2D eigenvalue weighted by Gasteiger charge is 2.48. The largest absolute Gasteiger partial charge is 0.507 e. The van der Waals surface area contributed by atoms with Crippen molar-refractivity contribution in [1.82, 2.24) is 0 Å². The number of hydrogen-bond acceptors (Lipinski definition) is 5. The predicted molar refractivity (Wildman–Crippen MR) is 136 cm³/mol. The molecule has 35 heavy (non-hydrogen) atoms. The first kappa shape index (κ1) is 24.4. The molecule has 1 aliphatic heterocycles. The van der Waals surface area contributed by atoms with Crippen LogP contribution >= 0.6 is 11.6 Å². The number of rotatable bonds is 6. The van der Waals surface area contributed by atoms with E-state index in [4.69, 9.17) is 21.1 Å². The summed E-state index contributed by atoms with van der Waals surface area (Å²) in [6.45, 7) is 6.10. The second-order valence-electron chi connectivity index (χ2n) is 8.26. The molecule has 7 heteroatoms. The van der Waals surface area contributed by atoms with Crippen LogP contribution in [-0.2, 0) is 9.59 Å². The Morgan fingerprint density at radius 3 is 2.40 bits per heavy atom. The van der Waals surface area contributed by atoms with Crippen molar-refractivity contribution in [1.29, 1.82) is 0 Å². The summed E-state index contributed by atoms with van der Waals surface area (Å²) in [4.78, 5) is 28.1. The van der Waals surface area contributed by atoms with E-state index in [1.807, 2.05) is 20.8 Å². The minimum atomic E-state index is -0.920. The molecule has 3 aromatic carbocycles. The van der Waals surface area contributed by atoms with Gasteiger partial charge in [0.2, 0.25) is 0 Å². The smallest absolute Gasteiger partial charge is 0.300 e. The first-order chi connectivity index (χ1) is 16.8. The number of nitrogens with zero attached hydrogens (tertiary/aromatic N) is 1. The molecule has 4 rings (SSSR count). The number of halogens is 1. The van der Waals surface area contributed by atoms with Gasteiger partial charge in [0.15, 0.2) is 0 Å². The fourth-order valence-electron chi connectivity index (χ4n) is 4.29. The van der Waals surface area contributed by atoms with Gasteiger partial charge in [-0.2, -0.15) is 0 Å². The predicted octanol–water partition coefficient (Wildman–Crippen LogP) is 5.99. The molecule has 1 unspecified atom stereocenters. The lowest BCUT2D eigenvalue weighted by Crippen LogP contribution is -2.29. The van der Waals surface area contributed by atoms with Crippen molar-refractivity contribution >= 4 is 34.7 Å². The minimum Gasteiger partial charge on any atom is -0.507 e. The van der Waals surface area contributed by atoms with Crippen LogP contribution in [-0.4, -0.2) is 30.5 Å². The zero-order chi connectivity index (χ0) is 25.3. The summed E-state index contributed by atoms with van der Waals surface area (Å²) < 4.78 is 11.2. The number of ketones is 1. The van der Waals surface area contributed by atoms with E-state index in [9.17, 15) is 14.7 Å². The molecule has 180 valence electrons. The lowest BCUT2D eigenvalue weighted by Gasteiger charge is -2.27. The first-order valence-electron chi connectivity index (χ1n) is 11.2. The zero-order valence-corrected chi connectivity index (χ0v) is 20.7.